The van der Waals surface area contributed by atoms with Gasteiger partial charge >= 0.3 is 6.18 Å². The highest BCUT2D eigenvalue weighted by molar-refractivity contribution is 5.44. The summed E-state index contributed by atoms with van der Waals surface area (Å²) in [4.78, 5) is 10.1. The first-order valence-corrected chi connectivity index (χ1v) is 5.86. The number of nitro groups is 1. The quantitative estimate of drug-likeness (QED) is 0.625. The summed E-state index contributed by atoms with van der Waals surface area (Å²) < 4.78 is 41.8. The molecule has 1 atom stereocenters. The van der Waals surface area contributed by atoms with Crippen LogP contribution in [0.1, 0.15) is 24.8 Å². The monoisotopic (exact) mass is 275 g/mol. The highest BCUT2D eigenvalue weighted by atomic mass is 19.4. The van der Waals surface area contributed by atoms with Crippen LogP contribution in [-0.4, -0.2) is 17.2 Å². The first-order chi connectivity index (χ1) is 8.85. The third-order valence-corrected chi connectivity index (χ3v) is 3.03. The van der Waals surface area contributed by atoms with Crippen molar-refractivity contribution >= 4 is 5.69 Å². The smallest absolute Gasteiger partial charge is 0.389 e. The number of benzene rings is 1. The second-order valence-electron chi connectivity index (χ2n) is 4.48. The molecule has 0 unspecified atom stereocenters. The van der Waals surface area contributed by atoms with E-state index in [2.05, 4.69) is 0 Å². The fraction of sp³-hybridized carbons (Fsp3) is 0.500. The van der Waals surface area contributed by atoms with Crippen LogP contribution in [0.4, 0.5) is 18.9 Å². The van der Waals surface area contributed by atoms with Crippen molar-refractivity contribution in [1.82, 2.24) is 0 Å². The second-order valence-corrected chi connectivity index (χ2v) is 4.48. The van der Waals surface area contributed by atoms with Crippen molar-refractivity contribution in [3.05, 3.63) is 33.9 Å². The summed E-state index contributed by atoms with van der Waals surface area (Å²) in [5, 5.41) is 10.6. The predicted molar refractivity (Wildman–Crippen MR) is 61.1 cm³/mol. The lowest BCUT2D eigenvalue weighted by molar-refractivity contribution is -0.385. The van der Waals surface area contributed by atoms with Crippen molar-refractivity contribution < 1.29 is 22.8 Å². The Morgan fingerprint density at radius 1 is 1.42 bits per heavy atom. The van der Waals surface area contributed by atoms with Gasteiger partial charge in [0.1, 0.15) is 5.75 Å². The van der Waals surface area contributed by atoms with E-state index in [0.29, 0.717) is 24.2 Å². The minimum absolute atomic E-state index is 0.0314. The molecule has 0 saturated carbocycles. The molecule has 0 aliphatic carbocycles. The van der Waals surface area contributed by atoms with Gasteiger partial charge in [0, 0.05) is 24.1 Å². The van der Waals surface area contributed by atoms with Gasteiger partial charge in [0.2, 0.25) is 0 Å². The fourth-order valence-corrected chi connectivity index (χ4v) is 2.07. The maximum Gasteiger partial charge on any atom is 0.389 e. The van der Waals surface area contributed by atoms with Gasteiger partial charge in [0.15, 0.2) is 0 Å². The van der Waals surface area contributed by atoms with Crippen LogP contribution in [0.3, 0.4) is 0 Å². The number of fused-ring (bicyclic) bond motifs is 1. The molecule has 1 heterocycles. The number of non-ortho nitro benzene ring substituents is 1. The summed E-state index contributed by atoms with van der Waals surface area (Å²) in [5.74, 6) is 0.448. The van der Waals surface area contributed by atoms with E-state index in [4.69, 9.17) is 4.74 Å². The van der Waals surface area contributed by atoms with E-state index in [1.807, 2.05) is 0 Å². The maximum absolute atomic E-state index is 12.1. The molecule has 2 rings (SSSR count). The molecule has 0 saturated heterocycles. The van der Waals surface area contributed by atoms with Crippen molar-refractivity contribution in [3.63, 3.8) is 0 Å². The number of hydrogen-bond acceptors (Lipinski definition) is 3. The molecule has 0 amide bonds. The van der Waals surface area contributed by atoms with Gasteiger partial charge in [-0.3, -0.25) is 10.1 Å². The van der Waals surface area contributed by atoms with Crippen LogP contribution in [0.15, 0.2) is 18.2 Å². The third kappa shape index (κ3) is 3.59. The van der Waals surface area contributed by atoms with Crippen LogP contribution in [0.25, 0.3) is 0 Å². The molecule has 104 valence electrons. The van der Waals surface area contributed by atoms with E-state index >= 15 is 0 Å². The van der Waals surface area contributed by atoms with Gasteiger partial charge in [-0.1, -0.05) is 0 Å². The summed E-state index contributed by atoms with van der Waals surface area (Å²) >= 11 is 0. The summed E-state index contributed by atoms with van der Waals surface area (Å²) in [6.07, 6.45) is -4.67. The van der Waals surface area contributed by atoms with Crippen molar-refractivity contribution in [1.29, 1.82) is 0 Å². The largest absolute Gasteiger partial charge is 0.490 e. The van der Waals surface area contributed by atoms with E-state index < -0.39 is 23.6 Å². The fourth-order valence-electron chi connectivity index (χ4n) is 2.07. The van der Waals surface area contributed by atoms with Crippen molar-refractivity contribution in [2.75, 3.05) is 0 Å². The van der Waals surface area contributed by atoms with Crippen LogP contribution in [0.2, 0.25) is 0 Å². The Labute approximate surface area is 107 Å². The first kappa shape index (κ1) is 13.6. The van der Waals surface area contributed by atoms with Crippen LogP contribution in [-0.2, 0) is 6.42 Å². The molecular weight excluding hydrogens is 263 g/mol. The average Bonchev–Trinajstić information content (AvgIpc) is 2.34. The van der Waals surface area contributed by atoms with Gasteiger partial charge in [-0.25, -0.2) is 0 Å². The number of nitrogens with zero attached hydrogens (tertiary/aromatic N) is 1. The minimum Gasteiger partial charge on any atom is -0.490 e. The molecule has 0 spiro atoms. The molecule has 19 heavy (non-hydrogen) atoms. The molecule has 1 aliphatic rings. The molecule has 0 aromatic heterocycles. The summed E-state index contributed by atoms with van der Waals surface area (Å²) in [6.45, 7) is 0. The molecule has 7 heteroatoms. The van der Waals surface area contributed by atoms with Crippen LogP contribution < -0.4 is 4.74 Å². The van der Waals surface area contributed by atoms with Gasteiger partial charge in [0.05, 0.1) is 11.0 Å². The Bertz CT molecular complexity index is 488. The molecule has 0 radical (unpaired) electrons. The average molecular weight is 275 g/mol. The molecule has 1 aromatic rings. The topological polar surface area (TPSA) is 52.4 Å². The van der Waals surface area contributed by atoms with Crippen LogP contribution >= 0.6 is 0 Å². The lowest BCUT2D eigenvalue weighted by Crippen LogP contribution is -2.24. The Morgan fingerprint density at radius 3 is 2.79 bits per heavy atom. The molecule has 4 nitrogen and oxygen atoms in total. The Kier molecular flexibility index (Phi) is 3.64. The Morgan fingerprint density at radius 2 is 2.16 bits per heavy atom. The van der Waals surface area contributed by atoms with Crippen LogP contribution in [0.5, 0.6) is 5.75 Å². The summed E-state index contributed by atoms with van der Waals surface area (Å²) in [7, 11) is 0. The molecular formula is C12H12F3NO3. The van der Waals surface area contributed by atoms with Crippen molar-refractivity contribution in [3.8, 4) is 5.75 Å². The summed E-state index contributed by atoms with van der Waals surface area (Å²) in [5.41, 5.74) is 0.647. The highest BCUT2D eigenvalue weighted by Gasteiger charge is 2.30. The molecule has 0 fully saturated rings. The normalized spacial score (nSPS) is 18.6. The zero-order valence-electron chi connectivity index (χ0n) is 9.94. The van der Waals surface area contributed by atoms with E-state index in [1.54, 1.807) is 0 Å². The molecule has 1 aromatic carbocycles. The van der Waals surface area contributed by atoms with Gasteiger partial charge in [-0.15, -0.1) is 0 Å². The molecule has 0 bridgehead atoms. The van der Waals surface area contributed by atoms with Gasteiger partial charge in [0.25, 0.3) is 5.69 Å². The van der Waals surface area contributed by atoms with Crippen molar-refractivity contribution in [2.24, 2.45) is 0 Å². The lowest BCUT2D eigenvalue weighted by Gasteiger charge is -2.26. The van der Waals surface area contributed by atoms with Gasteiger partial charge < -0.3 is 4.74 Å². The second kappa shape index (κ2) is 5.07. The van der Waals surface area contributed by atoms with Crippen LogP contribution in [0, 0.1) is 10.1 Å². The number of rotatable bonds is 3. The first-order valence-electron chi connectivity index (χ1n) is 5.86. The van der Waals surface area contributed by atoms with Gasteiger partial charge in [-0.2, -0.15) is 13.2 Å². The SMILES string of the molecule is O=[N+]([O-])c1ccc2c(c1)CC[C@H](CCC(F)(F)F)O2. The standard InChI is InChI=1S/C12H12F3NO3/c13-12(14,15)6-5-10-3-1-8-7-9(16(17)18)2-4-11(8)19-10/h2,4,7,10H,1,3,5-6H2/t10-/m1/s1. The number of nitro benzene ring substituents is 1. The lowest BCUT2D eigenvalue weighted by atomic mass is 9.99. The zero-order valence-corrected chi connectivity index (χ0v) is 9.94. The number of hydrogen-bond donors (Lipinski definition) is 0. The van der Waals surface area contributed by atoms with E-state index in [-0.39, 0.29) is 12.1 Å². The number of aryl methyl sites for hydroxylation is 1. The maximum atomic E-state index is 12.1. The third-order valence-electron chi connectivity index (χ3n) is 3.03. The predicted octanol–water partition coefficient (Wildman–Crippen LogP) is 3.63. The number of alkyl halides is 3. The van der Waals surface area contributed by atoms with Gasteiger partial charge in [-0.05, 0) is 25.3 Å². The zero-order chi connectivity index (χ0) is 14.0. The molecule has 0 N–H and O–H groups in total. The highest BCUT2D eigenvalue weighted by Crippen LogP contribution is 2.33. The summed E-state index contributed by atoms with van der Waals surface area (Å²) in [6, 6.07) is 4.16. The Hall–Kier alpha value is -1.79. The van der Waals surface area contributed by atoms with E-state index in [1.165, 1.54) is 18.2 Å². The van der Waals surface area contributed by atoms with E-state index in [0.717, 1.165) is 0 Å². The van der Waals surface area contributed by atoms with Crippen molar-refractivity contribution in [2.45, 2.75) is 38.0 Å². The van der Waals surface area contributed by atoms with E-state index in [9.17, 15) is 23.3 Å². The molecule has 1 aliphatic heterocycles. The Balaban J connectivity index is 2.02. The number of ether oxygens (including phenoxy) is 1. The number of halogens is 3. The minimum atomic E-state index is -4.18.